The Bertz CT molecular complexity index is 417. The van der Waals surface area contributed by atoms with E-state index in [0.717, 1.165) is 31.6 Å². The van der Waals surface area contributed by atoms with Crippen LogP contribution in [0.1, 0.15) is 34.8 Å². The molecule has 22 heavy (non-hydrogen) atoms. The summed E-state index contributed by atoms with van der Waals surface area (Å²) in [5.41, 5.74) is 4.66. The Kier molecular flexibility index (Phi) is 8.64. The van der Waals surface area contributed by atoms with E-state index < -0.39 is 6.10 Å². The fourth-order valence-electron chi connectivity index (χ4n) is 2.94. The van der Waals surface area contributed by atoms with Crippen molar-refractivity contribution in [3.05, 3.63) is 34.4 Å². The number of benzene rings is 1. The number of nitrogens with zero attached hydrogens (tertiary/aromatic N) is 1. The number of aryl methyl sites for hydroxylation is 3. The lowest BCUT2D eigenvalue weighted by Gasteiger charge is -2.24. The molecule has 0 spiro atoms. The van der Waals surface area contributed by atoms with E-state index in [4.69, 9.17) is 9.47 Å². The van der Waals surface area contributed by atoms with Gasteiger partial charge in [-0.25, -0.2) is 0 Å². The Hall–Kier alpha value is -0.940. The number of methoxy groups -OCH3 is 2. The zero-order valence-electron chi connectivity index (χ0n) is 14.7. The molecule has 1 aromatic rings. The maximum Gasteiger partial charge on any atom is 0.0807 e. The Morgan fingerprint density at radius 1 is 0.955 bits per heavy atom. The van der Waals surface area contributed by atoms with Crippen LogP contribution in [0.3, 0.4) is 0 Å². The number of aliphatic hydroxyl groups is 1. The highest BCUT2D eigenvalue weighted by atomic mass is 16.5. The van der Waals surface area contributed by atoms with Gasteiger partial charge in [-0.3, -0.25) is 4.90 Å². The number of aliphatic hydroxyl groups excluding tert-OH is 1. The van der Waals surface area contributed by atoms with E-state index in [1.807, 2.05) is 0 Å². The van der Waals surface area contributed by atoms with Gasteiger partial charge in [0, 0.05) is 33.9 Å². The molecule has 0 bridgehead atoms. The third-order valence-corrected chi connectivity index (χ3v) is 4.01. The van der Waals surface area contributed by atoms with Crippen LogP contribution >= 0.6 is 0 Å². The molecule has 1 rings (SSSR count). The fourth-order valence-corrected chi connectivity index (χ4v) is 2.94. The first kappa shape index (κ1) is 19.1. The van der Waals surface area contributed by atoms with Crippen molar-refractivity contribution in [3.63, 3.8) is 0 Å². The fraction of sp³-hybridized carbons (Fsp3) is 0.667. The molecular formula is C18H31NO3. The summed E-state index contributed by atoms with van der Waals surface area (Å²) in [6.07, 6.45) is 0.297. The highest BCUT2D eigenvalue weighted by molar-refractivity contribution is 5.38. The summed E-state index contributed by atoms with van der Waals surface area (Å²) in [4.78, 5) is 2.27. The standard InChI is InChI=1S/C18H31NO3/c1-14-12-15(2)18(16(3)13-14)17(20)6-7-19(8-10-21-4)9-11-22-5/h12-13,17,20H,6-11H2,1-5H3. The summed E-state index contributed by atoms with van der Waals surface area (Å²) >= 11 is 0. The van der Waals surface area contributed by atoms with Gasteiger partial charge in [-0.1, -0.05) is 17.7 Å². The van der Waals surface area contributed by atoms with Crippen LogP contribution in [-0.4, -0.2) is 57.1 Å². The van der Waals surface area contributed by atoms with E-state index in [2.05, 4.69) is 37.8 Å². The normalized spacial score (nSPS) is 12.9. The Morgan fingerprint density at radius 2 is 1.45 bits per heavy atom. The third kappa shape index (κ3) is 6.05. The molecule has 126 valence electrons. The van der Waals surface area contributed by atoms with E-state index in [1.54, 1.807) is 14.2 Å². The Morgan fingerprint density at radius 3 is 1.91 bits per heavy atom. The molecule has 0 aromatic heterocycles. The Labute approximate surface area is 135 Å². The molecule has 0 saturated heterocycles. The summed E-state index contributed by atoms with van der Waals surface area (Å²) in [7, 11) is 3.42. The summed E-state index contributed by atoms with van der Waals surface area (Å²) in [6, 6.07) is 4.28. The smallest absolute Gasteiger partial charge is 0.0807 e. The van der Waals surface area contributed by atoms with Gasteiger partial charge in [0.15, 0.2) is 0 Å². The lowest BCUT2D eigenvalue weighted by molar-refractivity contribution is 0.0942. The molecule has 0 heterocycles. The molecule has 4 nitrogen and oxygen atoms in total. The van der Waals surface area contributed by atoms with Crippen molar-refractivity contribution >= 4 is 0 Å². The van der Waals surface area contributed by atoms with Gasteiger partial charge in [-0.15, -0.1) is 0 Å². The largest absolute Gasteiger partial charge is 0.388 e. The molecule has 0 aliphatic carbocycles. The molecule has 0 saturated carbocycles. The van der Waals surface area contributed by atoms with Gasteiger partial charge in [0.05, 0.1) is 19.3 Å². The molecule has 0 aliphatic heterocycles. The average Bonchev–Trinajstić information content (AvgIpc) is 2.45. The van der Waals surface area contributed by atoms with Crippen LogP contribution in [0.2, 0.25) is 0 Å². The monoisotopic (exact) mass is 309 g/mol. The van der Waals surface area contributed by atoms with Crippen LogP contribution in [0.5, 0.6) is 0 Å². The lowest BCUT2D eigenvalue weighted by atomic mass is 9.94. The van der Waals surface area contributed by atoms with Crippen LogP contribution in [0.15, 0.2) is 12.1 Å². The molecule has 0 amide bonds. The second kappa shape index (κ2) is 9.95. The summed E-state index contributed by atoms with van der Waals surface area (Å²) < 4.78 is 10.3. The maximum absolute atomic E-state index is 10.6. The van der Waals surface area contributed by atoms with Gasteiger partial charge in [0.2, 0.25) is 0 Å². The second-order valence-electron chi connectivity index (χ2n) is 5.94. The van der Waals surface area contributed by atoms with Gasteiger partial charge in [0.1, 0.15) is 0 Å². The minimum Gasteiger partial charge on any atom is -0.388 e. The highest BCUT2D eigenvalue weighted by Gasteiger charge is 2.15. The van der Waals surface area contributed by atoms with Crippen LogP contribution < -0.4 is 0 Å². The SMILES string of the molecule is COCCN(CCOC)CCC(O)c1c(C)cc(C)cc1C. The van der Waals surface area contributed by atoms with Crippen molar-refractivity contribution in [1.82, 2.24) is 4.90 Å². The number of ether oxygens (including phenoxy) is 2. The predicted molar refractivity (Wildman–Crippen MR) is 90.4 cm³/mol. The van der Waals surface area contributed by atoms with Crippen LogP contribution in [-0.2, 0) is 9.47 Å². The minimum atomic E-state index is -0.423. The second-order valence-corrected chi connectivity index (χ2v) is 5.94. The molecule has 1 unspecified atom stereocenters. The summed E-state index contributed by atoms with van der Waals surface area (Å²) in [5.74, 6) is 0. The molecule has 4 heteroatoms. The molecule has 0 aliphatic rings. The van der Waals surface area contributed by atoms with E-state index in [0.29, 0.717) is 13.2 Å². The first-order chi connectivity index (χ1) is 10.5. The van der Waals surface area contributed by atoms with E-state index in [-0.39, 0.29) is 0 Å². The van der Waals surface area contributed by atoms with Crippen LogP contribution in [0.4, 0.5) is 0 Å². The molecule has 1 N–H and O–H groups in total. The number of rotatable bonds is 10. The van der Waals surface area contributed by atoms with Gasteiger partial charge < -0.3 is 14.6 Å². The summed E-state index contributed by atoms with van der Waals surface area (Å²) in [6.45, 7) is 10.2. The molecule has 1 atom stereocenters. The molecule has 0 radical (unpaired) electrons. The van der Waals surface area contributed by atoms with Crippen LogP contribution in [0.25, 0.3) is 0 Å². The van der Waals surface area contributed by atoms with E-state index in [1.165, 1.54) is 16.7 Å². The van der Waals surface area contributed by atoms with Gasteiger partial charge >= 0.3 is 0 Å². The quantitative estimate of drug-likeness (QED) is 0.721. The van der Waals surface area contributed by atoms with E-state index >= 15 is 0 Å². The molecule has 0 fully saturated rings. The topological polar surface area (TPSA) is 41.9 Å². The van der Waals surface area contributed by atoms with Crippen molar-refractivity contribution in [2.45, 2.75) is 33.3 Å². The first-order valence-electron chi connectivity index (χ1n) is 7.95. The highest BCUT2D eigenvalue weighted by Crippen LogP contribution is 2.25. The number of hydrogen-bond acceptors (Lipinski definition) is 4. The van der Waals surface area contributed by atoms with Crippen molar-refractivity contribution in [1.29, 1.82) is 0 Å². The number of hydrogen-bond donors (Lipinski definition) is 1. The zero-order valence-corrected chi connectivity index (χ0v) is 14.7. The van der Waals surface area contributed by atoms with Crippen molar-refractivity contribution in [3.8, 4) is 0 Å². The lowest BCUT2D eigenvalue weighted by Crippen LogP contribution is -2.32. The third-order valence-electron chi connectivity index (χ3n) is 4.01. The van der Waals surface area contributed by atoms with Crippen LogP contribution in [0, 0.1) is 20.8 Å². The van der Waals surface area contributed by atoms with E-state index in [9.17, 15) is 5.11 Å². The van der Waals surface area contributed by atoms with Gasteiger partial charge in [0.25, 0.3) is 0 Å². The van der Waals surface area contributed by atoms with Gasteiger partial charge in [-0.2, -0.15) is 0 Å². The average molecular weight is 309 g/mol. The zero-order chi connectivity index (χ0) is 16.5. The molecule has 1 aromatic carbocycles. The van der Waals surface area contributed by atoms with Gasteiger partial charge in [-0.05, 0) is 43.9 Å². The predicted octanol–water partition coefficient (Wildman–Crippen LogP) is 2.63. The maximum atomic E-state index is 10.6. The first-order valence-corrected chi connectivity index (χ1v) is 7.95. The molecular weight excluding hydrogens is 278 g/mol. The summed E-state index contributed by atoms with van der Waals surface area (Å²) in [5, 5.41) is 10.6. The minimum absolute atomic E-state index is 0.423. The van der Waals surface area contributed by atoms with Crippen molar-refractivity contribution < 1.29 is 14.6 Å². The Balaban J connectivity index is 2.64. The van der Waals surface area contributed by atoms with Crippen molar-refractivity contribution in [2.75, 3.05) is 47.1 Å². The van der Waals surface area contributed by atoms with Crippen molar-refractivity contribution in [2.24, 2.45) is 0 Å².